The molecule has 148 valence electrons. The van der Waals surface area contributed by atoms with Crippen molar-refractivity contribution in [1.29, 1.82) is 0 Å². The summed E-state index contributed by atoms with van der Waals surface area (Å²) in [7, 11) is 3.03. The van der Waals surface area contributed by atoms with Gasteiger partial charge in [0.15, 0.2) is 0 Å². The fourth-order valence-electron chi connectivity index (χ4n) is 3.56. The highest BCUT2D eigenvalue weighted by atomic mass is 16.5. The van der Waals surface area contributed by atoms with Gasteiger partial charge in [0.2, 0.25) is 0 Å². The third kappa shape index (κ3) is 5.10. The van der Waals surface area contributed by atoms with Crippen molar-refractivity contribution in [3.05, 3.63) is 65.7 Å². The van der Waals surface area contributed by atoms with E-state index in [0.29, 0.717) is 17.2 Å². The van der Waals surface area contributed by atoms with Gasteiger partial charge in [0, 0.05) is 12.7 Å². The Morgan fingerprint density at radius 3 is 2.71 bits per heavy atom. The van der Waals surface area contributed by atoms with Crippen LogP contribution in [-0.4, -0.2) is 38.9 Å². The number of piperidine rings is 1. The second-order valence-corrected chi connectivity index (χ2v) is 7.14. The maximum atomic E-state index is 12.7. The van der Waals surface area contributed by atoms with Gasteiger partial charge in [0.25, 0.3) is 0 Å². The zero-order chi connectivity index (χ0) is 19.9. The maximum Gasteiger partial charge on any atom is 0.337 e. The molecule has 6 heteroatoms. The minimum absolute atomic E-state index is 0.0683. The number of hydrogen-bond donors (Lipinski definition) is 2. The number of nitrogens with one attached hydrogen (secondary N) is 2. The second-order valence-electron chi connectivity index (χ2n) is 7.14. The summed E-state index contributed by atoms with van der Waals surface area (Å²) in [5.41, 5.74) is 2.38. The Bertz CT molecular complexity index is 810. The molecule has 1 aliphatic heterocycles. The van der Waals surface area contributed by atoms with Crippen molar-refractivity contribution in [1.82, 2.24) is 10.6 Å². The Hall–Kier alpha value is -2.86. The Kier molecular flexibility index (Phi) is 6.66. The predicted octanol–water partition coefficient (Wildman–Crippen LogP) is 3.19. The summed E-state index contributed by atoms with van der Waals surface area (Å²) in [6.45, 7) is 0.879. The Morgan fingerprint density at radius 1 is 1.18 bits per heavy atom. The van der Waals surface area contributed by atoms with Crippen LogP contribution in [-0.2, 0) is 11.2 Å². The molecule has 0 aromatic heterocycles. The average Bonchev–Trinajstić information content (AvgIpc) is 2.73. The predicted molar refractivity (Wildman–Crippen MR) is 109 cm³/mol. The van der Waals surface area contributed by atoms with Crippen molar-refractivity contribution in [2.45, 2.75) is 25.4 Å². The topological polar surface area (TPSA) is 70.7 Å². The number of methoxy groups -OCH3 is 1. The van der Waals surface area contributed by atoms with E-state index in [-0.39, 0.29) is 12.2 Å². The van der Waals surface area contributed by atoms with Gasteiger partial charge in [-0.05, 0) is 55.5 Å². The third-order valence-corrected chi connectivity index (χ3v) is 5.14. The number of hydrogen-bond acceptors (Lipinski definition) is 4. The SMILES string of the molecule is COC(=O)c1cccc(N(C)C(=O)N[C@@H]2C[C@@H](Cc3ccccc3)CCN2)c1. The summed E-state index contributed by atoms with van der Waals surface area (Å²) in [4.78, 5) is 25.9. The Balaban J connectivity index is 1.58. The van der Waals surface area contributed by atoms with Crippen LogP contribution in [0, 0.1) is 5.92 Å². The highest BCUT2D eigenvalue weighted by Gasteiger charge is 2.24. The van der Waals surface area contributed by atoms with E-state index in [0.717, 1.165) is 25.8 Å². The van der Waals surface area contributed by atoms with E-state index >= 15 is 0 Å². The molecule has 0 spiro atoms. The first-order chi connectivity index (χ1) is 13.6. The van der Waals surface area contributed by atoms with Crippen molar-refractivity contribution in [2.75, 3.05) is 25.6 Å². The molecule has 0 bridgehead atoms. The molecule has 1 heterocycles. The van der Waals surface area contributed by atoms with E-state index in [1.807, 2.05) is 6.07 Å². The zero-order valence-corrected chi connectivity index (χ0v) is 16.4. The fourth-order valence-corrected chi connectivity index (χ4v) is 3.56. The Morgan fingerprint density at radius 2 is 1.96 bits per heavy atom. The molecule has 3 rings (SSSR count). The minimum Gasteiger partial charge on any atom is -0.465 e. The highest BCUT2D eigenvalue weighted by molar-refractivity contribution is 5.95. The number of ether oxygens (including phenoxy) is 1. The lowest BCUT2D eigenvalue weighted by Crippen LogP contribution is -2.53. The summed E-state index contributed by atoms with van der Waals surface area (Å²) < 4.78 is 4.75. The molecule has 2 N–H and O–H groups in total. The molecular weight excluding hydrogens is 354 g/mol. The van der Waals surface area contributed by atoms with Crippen LogP contribution in [0.3, 0.4) is 0 Å². The monoisotopic (exact) mass is 381 g/mol. The molecule has 28 heavy (non-hydrogen) atoms. The second kappa shape index (κ2) is 9.37. The van der Waals surface area contributed by atoms with Gasteiger partial charge < -0.3 is 10.1 Å². The number of urea groups is 1. The molecule has 0 aliphatic carbocycles. The molecule has 0 unspecified atom stereocenters. The van der Waals surface area contributed by atoms with Crippen LogP contribution in [0.4, 0.5) is 10.5 Å². The number of amides is 2. The molecule has 1 aliphatic rings. The standard InChI is InChI=1S/C22H27N3O3/c1-25(19-10-6-9-18(15-19)21(26)28-2)22(27)24-20-14-17(11-12-23-20)13-16-7-4-3-5-8-16/h3-10,15,17,20,23H,11-14H2,1-2H3,(H,24,27)/t17-,20-/m1/s1. The Labute approximate surface area is 165 Å². The summed E-state index contributed by atoms with van der Waals surface area (Å²) in [5, 5.41) is 6.43. The molecule has 2 atom stereocenters. The van der Waals surface area contributed by atoms with Crippen LogP contribution in [0.1, 0.15) is 28.8 Å². The molecule has 2 amide bonds. The van der Waals surface area contributed by atoms with Crippen molar-refractivity contribution in [2.24, 2.45) is 5.92 Å². The largest absolute Gasteiger partial charge is 0.465 e. The number of rotatable bonds is 5. The molecule has 1 saturated heterocycles. The molecule has 1 fully saturated rings. The van der Waals surface area contributed by atoms with Crippen LogP contribution in [0.15, 0.2) is 54.6 Å². The summed E-state index contributed by atoms with van der Waals surface area (Å²) in [5.74, 6) is 0.107. The van der Waals surface area contributed by atoms with Crippen molar-refractivity contribution in [3.8, 4) is 0 Å². The lowest BCUT2D eigenvalue weighted by molar-refractivity contribution is 0.0600. The van der Waals surface area contributed by atoms with Crippen molar-refractivity contribution >= 4 is 17.7 Å². The van der Waals surface area contributed by atoms with E-state index in [2.05, 4.69) is 34.9 Å². The number of nitrogens with zero attached hydrogens (tertiary/aromatic N) is 1. The molecule has 0 saturated carbocycles. The first-order valence-electron chi connectivity index (χ1n) is 9.56. The lowest BCUT2D eigenvalue weighted by atomic mass is 9.89. The van der Waals surface area contributed by atoms with Crippen LogP contribution in [0.25, 0.3) is 0 Å². The highest BCUT2D eigenvalue weighted by Crippen LogP contribution is 2.21. The van der Waals surface area contributed by atoms with Gasteiger partial charge in [-0.25, -0.2) is 9.59 Å². The molecule has 2 aromatic rings. The number of anilines is 1. The minimum atomic E-state index is -0.423. The molecule has 0 radical (unpaired) electrons. The zero-order valence-electron chi connectivity index (χ0n) is 16.4. The van der Waals surface area contributed by atoms with E-state index in [1.54, 1.807) is 31.3 Å². The van der Waals surface area contributed by atoms with Gasteiger partial charge in [-0.15, -0.1) is 0 Å². The first kappa shape index (κ1) is 19.9. The van der Waals surface area contributed by atoms with Crippen molar-refractivity contribution in [3.63, 3.8) is 0 Å². The summed E-state index contributed by atoms with van der Waals surface area (Å²) in [6, 6.07) is 17.1. The summed E-state index contributed by atoms with van der Waals surface area (Å²) >= 11 is 0. The van der Waals surface area contributed by atoms with E-state index in [1.165, 1.54) is 17.6 Å². The van der Waals surface area contributed by atoms with Crippen LogP contribution < -0.4 is 15.5 Å². The summed E-state index contributed by atoms with van der Waals surface area (Å²) in [6.07, 6.45) is 2.93. The number of carbonyl (C=O) groups is 2. The molecule has 6 nitrogen and oxygen atoms in total. The number of carbonyl (C=O) groups excluding carboxylic acids is 2. The van der Waals surface area contributed by atoms with Crippen molar-refractivity contribution < 1.29 is 14.3 Å². The van der Waals surface area contributed by atoms with Gasteiger partial charge in [0.1, 0.15) is 0 Å². The van der Waals surface area contributed by atoms with Crippen LogP contribution >= 0.6 is 0 Å². The lowest BCUT2D eigenvalue weighted by Gasteiger charge is -2.32. The smallest absolute Gasteiger partial charge is 0.337 e. The van der Waals surface area contributed by atoms with Crippen LogP contribution in [0.5, 0.6) is 0 Å². The molecule has 2 aromatic carbocycles. The van der Waals surface area contributed by atoms with Gasteiger partial charge in [-0.2, -0.15) is 0 Å². The van der Waals surface area contributed by atoms with Crippen LogP contribution in [0.2, 0.25) is 0 Å². The van der Waals surface area contributed by atoms with Gasteiger partial charge in [0.05, 0.1) is 18.8 Å². The number of benzene rings is 2. The van der Waals surface area contributed by atoms with Gasteiger partial charge in [-0.3, -0.25) is 10.2 Å². The third-order valence-electron chi connectivity index (χ3n) is 5.14. The van der Waals surface area contributed by atoms with Gasteiger partial charge >= 0.3 is 12.0 Å². The first-order valence-corrected chi connectivity index (χ1v) is 9.56. The number of esters is 1. The quantitative estimate of drug-likeness (QED) is 0.781. The average molecular weight is 381 g/mol. The van der Waals surface area contributed by atoms with E-state index in [4.69, 9.17) is 4.74 Å². The normalized spacial score (nSPS) is 18.9. The van der Waals surface area contributed by atoms with E-state index in [9.17, 15) is 9.59 Å². The van der Waals surface area contributed by atoms with Gasteiger partial charge in [-0.1, -0.05) is 36.4 Å². The van der Waals surface area contributed by atoms with E-state index < -0.39 is 5.97 Å². The maximum absolute atomic E-state index is 12.7. The molecular formula is C22H27N3O3. The fraction of sp³-hybridized carbons (Fsp3) is 0.364.